The van der Waals surface area contributed by atoms with Gasteiger partial charge in [-0.2, -0.15) is 0 Å². The maximum atomic E-state index is 14.7. The zero-order valence-corrected chi connectivity index (χ0v) is 36.9. The Kier molecular flexibility index (Phi) is 10.7. The molecule has 0 radical (unpaired) electrons. The highest BCUT2D eigenvalue weighted by molar-refractivity contribution is 6.01. The SMILES string of the molecule is Cc1ccc2c(c1)[C@@]1(C)CCC[C@](C)(C(=O)NC(=O)[C@@]3(C)CCC[C@]4(C)c5cc(NC(=O)[C@H](CO)NC(=O)OCC6c7ccccc7-c7ccccc76)ccc5CC[C@@H]34)[C@@H]1CC2. The molecular formula is C53H61N3O6. The van der Waals surface area contributed by atoms with E-state index in [-0.39, 0.29) is 47.0 Å². The molecule has 9 nitrogen and oxygen atoms in total. The first-order valence-corrected chi connectivity index (χ1v) is 22.8. The smallest absolute Gasteiger partial charge is 0.407 e. The van der Waals surface area contributed by atoms with Crippen LogP contribution in [0.1, 0.15) is 124 Å². The number of aliphatic hydroxyl groups excluding tert-OH is 1. The van der Waals surface area contributed by atoms with Crippen molar-refractivity contribution in [3.8, 4) is 11.1 Å². The fourth-order valence-corrected chi connectivity index (χ4v) is 13.2. The summed E-state index contributed by atoms with van der Waals surface area (Å²) in [5.41, 5.74) is 9.30. The second-order valence-electron chi connectivity index (χ2n) is 20.1. The number of imide groups is 1. The minimum Gasteiger partial charge on any atom is -0.449 e. The number of hydrogen-bond acceptors (Lipinski definition) is 6. The summed E-state index contributed by atoms with van der Waals surface area (Å²) >= 11 is 0. The van der Waals surface area contributed by atoms with Crippen molar-refractivity contribution in [2.75, 3.05) is 18.5 Å². The van der Waals surface area contributed by atoms with Crippen molar-refractivity contribution in [1.82, 2.24) is 10.6 Å². The fraction of sp³-hybridized carbons (Fsp3) is 0.472. The topological polar surface area (TPSA) is 134 Å². The summed E-state index contributed by atoms with van der Waals surface area (Å²) in [5.74, 6) is -0.880. The third-order valence-corrected chi connectivity index (χ3v) is 16.5. The van der Waals surface area contributed by atoms with Crippen LogP contribution < -0.4 is 16.0 Å². The molecule has 5 aliphatic rings. The quantitative estimate of drug-likeness (QED) is 0.131. The van der Waals surface area contributed by atoms with E-state index in [0.29, 0.717) is 12.1 Å². The van der Waals surface area contributed by atoms with E-state index in [1.54, 1.807) is 0 Å². The van der Waals surface area contributed by atoms with Gasteiger partial charge in [-0.15, -0.1) is 0 Å². The van der Waals surface area contributed by atoms with Crippen molar-refractivity contribution in [3.63, 3.8) is 0 Å². The van der Waals surface area contributed by atoms with Crippen LogP contribution in [0.15, 0.2) is 84.9 Å². The predicted molar refractivity (Wildman–Crippen MR) is 241 cm³/mol. The minimum absolute atomic E-state index is 0.0237. The standard InChI is InChI=1S/C53H61N3O6/c1-32-16-17-33-19-22-44-50(2,41(33)28-32)24-10-26-52(44,4)47(59)56-48(60)53(5)27-11-25-51(3)42-29-35(21-18-34(42)20-23-45(51)53)54-46(58)43(30-57)55-49(61)62-31-40-38-14-8-6-12-36(38)37-13-7-9-15-39(37)40/h6-9,12-18,21,28-29,40,43-45,57H,10-11,19-20,22-27,30-31H2,1-5H3,(H,54,58)(H,55,61)(H,56,59,60)/t43-,44+,45+,50+,51+,52-,53-/m0/s1. The Balaban J connectivity index is 0.870. The summed E-state index contributed by atoms with van der Waals surface area (Å²) in [5, 5.41) is 18.8. The van der Waals surface area contributed by atoms with Crippen LogP contribution in [0.4, 0.5) is 10.5 Å². The first-order valence-electron chi connectivity index (χ1n) is 22.8. The Bertz CT molecular complexity index is 2420. The zero-order chi connectivity index (χ0) is 43.6. The molecule has 2 fully saturated rings. The van der Waals surface area contributed by atoms with Crippen molar-refractivity contribution in [2.24, 2.45) is 22.7 Å². The number of carbonyl (C=O) groups excluding carboxylic acids is 4. The van der Waals surface area contributed by atoms with Gasteiger partial charge in [-0.1, -0.05) is 119 Å². The van der Waals surface area contributed by atoms with Gasteiger partial charge in [0.05, 0.1) is 17.4 Å². The lowest BCUT2D eigenvalue weighted by atomic mass is 9.49. The Morgan fingerprint density at radius 1 is 0.710 bits per heavy atom. The monoisotopic (exact) mass is 835 g/mol. The van der Waals surface area contributed by atoms with Gasteiger partial charge in [-0.3, -0.25) is 19.7 Å². The molecule has 7 atom stereocenters. The van der Waals surface area contributed by atoms with Gasteiger partial charge in [0.2, 0.25) is 17.7 Å². The number of amides is 4. The summed E-state index contributed by atoms with van der Waals surface area (Å²) in [6.07, 6.45) is 7.84. The van der Waals surface area contributed by atoms with Crippen molar-refractivity contribution in [2.45, 2.75) is 122 Å². The maximum absolute atomic E-state index is 14.7. The van der Waals surface area contributed by atoms with Crippen LogP contribution in [0.5, 0.6) is 0 Å². The van der Waals surface area contributed by atoms with E-state index in [1.165, 1.54) is 22.3 Å². The van der Waals surface area contributed by atoms with Crippen LogP contribution in [0.3, 0.4) is 0 Å². The van der Waals surface area contributed by atoms with Gasteiger partial charge in [0.25, 0.3) is 0 Å². The van der Waals surface area contributed by atoms with Gasteiger partial charge in [0.1, 0.15) is 12.6 Å². The Morgan fingerprint density at radius 2 is 1.24 bits per heavy atom. The molecule has 2 saturated carbocycles. The largest absolute Gasteiger partial charge is 0.449 e. The van der Waals surface area contributed by atoms with Crippen molar-refractivity contribution in [1.29, 1.82) is 0 Å². The highest BCUT2D eigenvalue weighted by Gasteiger charge is 2.58. The van der Waals surface area contributed by atoms with Gasteiger partial charge < -0.3 is 20.5 Å². The second-order valence-corrected chi connectivity index (χ2v) is 20.1. The van der Waals surface area contributed by atoms with Crippen LogP contribution in [-0.4, -0.2) is 48.2 Å². The van der Waals surface area contributed by atoms with Gasteiger partial charge in [0, 0.05) is 11.6 Å². The summed E-state index contributed by atoms with van der Waals surface area (Å²) < 4.78 is 5.67. The summed E-state index contributed by atoms with van der Waals surface area (Å²) in [7, 11) is 0. The summed E-state index contributed by atoms with van der Waals surface area (Å²) in [6, 6.07) is 27.6. The Labute approximate surface area is 365 Å². The first-order chi connectivity index (χ1) is 29.7. The van der Waals surface area contributed by atoms with E-state index in [9.17, 15) is 24.3 Å². The highest BCUT2D eigenvalue weighted by Crippen LogP contribution is 2.60. The summed E-state index contributed by atoms with van der Waals surface area (Å²) in [4.78, 5) is 56.0. The van der Waals surface area contributed by atoms with Crippen molar-refractivity contribution in [3.05, 3.63) is 124 Å². The Morgan fingerprint density at radius 3 is 1.81 bits per heavy atom. The lowest BCUT2D eigenvalue weighted by molar-refractivity contribution is -0.150. The van der Waals surface area contributed by atoms with Crippen LogP contribution in [0.2, 0.25) is 0 Å². The van der Waals surface area contributed by atoms with Crippen molar-refractivity contribution >= 4 is 29.5 Å². The van der Waals surface area contributed by atoms with Crippen LogP contribution >= 0.6 is 0 Å². The number of rotatable bonds is 8. The average Bonchev–Trinajstić information content (AvgIpc) is 3.58. The number of fused-ring (bicyclic) bond motifs is 9. The number of anilines is 1. The molecule has 0 heterocycles. The van der Waals surface area contributed by atoms with Crippen LogP contribution in [-0.2, 0) is 42.8 Å². The normalized spacial score (nSPS) is 28.7. The van der Waals surface area contributed by atoms with E-state index in [4.69, 9.17) is 4.74 Å². The van der Waals surface area contributed by atoms with Gasteiger partial charge >= 0.3 is 6.09 Å². The molecule has 0 unspecified atom stereocenters. The highest BCUT2D eigenvalue weighted by atomic mass is 16.5. The van der Waals surface area contributed by atoms with E-state index >= 15 is 0 Å². The molecule has 4 aromatic carbocycles. The second kappa shape index (κ2) is 15.8. The maximum Gasteiger partial charge on any atom is 0.407 e. The van der Waals surface area contributed by atoms with E-state index in [2.05, 4.69) is 80.9 Å². The van der Waals surface area contributed by atoms with Crippen LogP contribution in [0, 0.1) is 29.6 Å². The molecule has 0 saturated heterocycles. The molecule has 4 aromatic rings. The fourth-order valence-electron chi connectivity index (χ4n) is 13.2. The molecule has 0 bridgehead atoms. The molecule has 9 heteroatoms. The molecule has 0 spiro atoms. The van der Waals surface area contributed by atoms with E-state index in [1.807, 2.05) is 54.6 Å². The number of aryl methyl sites for hydroxylation is 3. The first kappa shape index (κ1) is 42.0. The van der Waals surface area contributed by atoms with Gasteiger partial charge in [-0.05, 0) is 138 Å². The summed E-state index contributed by atoms with van der Waals surface area (Å²) in [6.45, 7) is 10.4. The molecule has 4 N–H and O–H groups in total. The molecule has 62 heavy (non-hydrogen) atoms. The van der Waals surface area contributed by atoms with Gasteiger partial charge in [-0.25, -0.2) is 4.79 Å². The molecule has 0 aromatic heterocycles. The number of hydrogen-bond donors (Lipinski definition) is 4. The van der Waals surface area contributed by atoms with E-state index < -0.39 is 35.5 Å². The Hall–Kier alpha value is -5.28. The van der Waals surface area contributed by atoms with Gasteiger partial charge in [0.15, 0.2) is 0 Å². The average molecular weight is 836 g/mol. The molecule has 9 rings (SSSR count). The lowest BCUT2D eigenvalue weighted by Gasteiger charge is -2.56. The number of ether oxygens (including phenoxy) is 1. The van der Waals surface area contributed by atoms with Crippen molar-refractivity contribution < 1.29 is 29.0 Å². The molecule has 4 amide bonds. The number of nitrogens with one attached hydrogen (secondary N) is 3. The number of benzene rings is 4. The molecular weight excluding hydrogens is 775 g/mol. The third kappa shape index (κ3) is 6.86. The number of alkyl carbamates (subject to hydrolysis) is 1. The lowest BCUT2D eigenvalue weighted by Crippen LogP contribution is -2.60. The number of carbonyl (C=O) groups is 4. The third-order valence-electron chi connectivity index (χ3n) is 16.5. The zero-order valence-electron chi connectivity index (χ0n) is 36.9. The van der Waals surface area contributed by atoms with Crippen LogP contribution in [0.25, 0.3) is 11.1 Å². The predicted octanol–water partition coefficient (Wildman–Crippen LogP) is 9.20. The molecule has 324 valence electrons. The molecule has 5 aliphatic carbocycles. The minimum atomic E-state index is -1.24. The molecule has 0 aliphatic heterocycles. The van der Waals surface area contributed by atoms with E-state index in [0.717, 1.165) is 85.6 Å². The number of aliphatic hydroxyl groups is 1.